The number of nitrogens with one attached hydrogen (secondary N) is 2. The molecule has 2 atom stereocenters. The Morgan fingerprint density at radius 3 is 2.85 bits per heavy atom. The quantitative estimate of drug-likeness (QED) is 0.758. The standard InChI is InChI=1S/C15H20N2O3/c1-4-9(2)17-14(15(18)19)12-8-16-13-6-5-10(20-3)7-11(12)13/h5-9,14,16-17H,4H2,1-3H3,(H,18,19). The van der Waals surface area contributed by atoms with Gasteiger partial charge in [0, 0.05) is 28.7 Å². The van der Waals surface area contributed by atoms with E-state index < -0.39 is 12.0 Å². The van der Waals surface area contributed by atoms with Crippen LogP contribution >= 0.6 is 0 Å². The summed E-state index contributed by atoms with van der Waals surface area (Å²) in [6, 6.07) is 4.99. The molecule has 0 radical (unpaired) electrons. The van der Waals surface area contributed by atoms with E-state index in [-0.39, 0.29) is 6.04 Å². The van der Waals surface area contributed by atoms with Crippen LogP contribution in [0, 0.1) is 0 Å². The molecule has 0 saturated heterocycles. The van der Waals surface area contributed by atoms with E-state index in [0.717, 1.165) is 22.9 Å². The largest absolute Gasteiger partial charge is 0.497 e. The predicted molar refractivity (Wildman–Crippen MR) is 78.1 cm³/mol. The Labute approximate surface area is 117 Å². The molecule has 2 aromatic rings. The van der Waals surface area contributed by atoms with Gasteiger partial charge in [-0.1, -0.05) is 6.92 Å². The molecule has 108 valence electrons. The summed E-state index contributed by atoms with van der Waals surface area (Å²) in [5.74, 6) is -0.167. The molecule has 0 spiro atoms. The van der Waals surface area contributed by atoms with Crippen molar-refractivity contribution in [3.05, 3.63) is 30.0 Å². The third-order valence-electron chi connectivity index (χ3n) is 3.54. The third-order valence-corrected chi connectivity index (χ3v) is 3.54. The van der Waals surface area contributed by atoms with Gasteiger partial charge in [-0.3, -0.25) is 10.1 Å². The maximum absolute atomic E-state index is 11.5. The Hall–Kier alpha value is -2.01. The minimum Gasteiger partial charge on any atom is -0.497 e. The highest BCUT2D eigenvalue weighted by atomic mass is 16.5. The van der Waals surface area contributed by atoms with Gasteiger partial charge in [0.25, 0.3) is 0 Å². The molecule has 5 heteroatoms. The van der Waals surface area contributed by atoms with Crippen LogP contribution in [0.4, 0.5) is 0 Å². The molecule has 0 saturated carbocycles. The molecule has 1 aromatic heterocycles. The Morgan fingerprint density at radius 2 is 2.25 bits per heavy atom. The molecule has 5 nitrogen and oxygen atoms in total. The fourth-order valence-corrected chi connectivity index (χ4v) is 2.18. The van der Waals surface area contributed by atoms with Crippen molar-refractivity contribution in [2.45, 2.75) is 32.4 Å². The summed E-state index contributed by atoms with van der Waals surface area (Å²) in [6.07, 6.45) is 2.62. The maximum Gasteiger partial charge on any atom is 0.325 e. The van der Waals surface area contributed by atoms with Gasteiger partial charge in [0.05, 0.1) is 7.11 Å². The molecule has 2 unspecified atom stereocenters. The summed E-state index contributed by atoms with van der Waals surface area (Å²) in [7, 11) is 1.60. The fourth-order valence-electron chi connectivity index (χ4n) is 2.18. The Morgan fingerprint density at radius 1 is 1.50 bits per heavy atom. The number of carboxylic acid groups (broad SMARTS) is 1. The molecule has 1 heterocycles. The van der Waals surface area contributed by atoms with E-state index >= 15 is 0 Å². The second kappa shape index (κ2) is 5.96. The van der Waals surface area contributed by atoms with Crippen LogP contribution in [0.2, 0.25) is 0 Å². The number of hydrogen-bond donors (Lipinski definition) is 3. The van der Waals surface area contributed by atoms with Crippen LogP contribution in [0.1, 0.15) is 31.9 Å². The number of benzene rings is 1. The summed E-state index contributed by atoms with van der Waals surface area (Å²) in [5.41, 5.74) is 1.63. The number of fused-ring (bicyclic) bond motifs is 1. The lowest BCUT2D eigenvalue weighted by atomic mass is 10.0. The monoisotopic (exact) mass is 276 g/mol. The number of aliphatic carboxylic acids is 1. The van der Waals surface area contributed by atoms with Crippen molar-refractivity contribution >= 4 is 16.9 Å². The number of ether oxygens (including phenoxy) is 1. The number of rotatable bonds is 6. The normalized spacial score (nSPS) is 14.2. The van der Waals surface area contributed by atoms with Crippen LogP contribution < -0.4 is 10.1 Å². The van der Waals surface area contributed by atoms with Crippen molar-refractivity contribution in [3.8, 4) is 5.75 Å². The smallest absolute Gasteiger partial charge is 0.325 e. The molecule has 20 heavy (non-hydrogen) atoms. The molecule has 0 aliphatic rings. The van der Waals surface area contributed by atoms with Crippen LogP contribution in [-0.2, 0) is 4.79 Å². The molecule has 0 aliphatic heterocycles. The number of carbonyl (C=O) groups is 1. The average molecular weight is 276 g/mol. The van der Waals surface area contributed by atoms with Crippen molar-refractivity contribution in [2.75, 3.05) is 7.11 Å². The van der Waals surface area contributed by atoms with Crippen molar-refractivity contribution in [1.29, 1.82) is 0 Å². The van der Waals surface area contributed by atoms with Gasteiger partial charge < -0.3 is 14.8 Å². The van der Waals surface area contributed by atoms with Gasteiger partial charge in [-0.05, 0) is 31.5 Å². The van der Waals surface area contributed by atoms with Gasteiger partial charge in [-0.25, -0.2) is 0 Å². The number of aromatic nitrogens is 1. The number of aromatic amines is 1. The molecule has 0 amide bonds. The first kappa shape index (κ1) is 14.4. The van der Waals surface area contributed by atoms with Crippen LogP contribution in [-0.4, -0.2) is 29.2 Å². The number of H-pyrrole nitrogens is 1. The molecule has 3 N–H and O–H groups in total. The lowest BCUT2D eigenvalue weighted by Gasteiger charge is -2.18. The van der Waals surface area contributed by atoms with Crippen molar-refractivity contribution in [2.24, 2.45) is 0 Å². The van der Waals surface area contributed by atoms with Crippen LogP contribution in [0.15, 0.2) is 24.4 Å². The Balaban J connectivity index is 2.44. The highest BCUT2D eigenvalue weighted by Gasteiger charge is 2.24. The summed E-state index contributed by atoms with van der Waals surface area (Å²) in [5, 5.41) is 13.5. The molecular formula is C15H20N2O3. The van der Waals surface area contributed by atoms with E-state index in [1.807, 2.05) is 32.0 Å². The minimum absolute atomic E-state index is 0.131. The molecule has 2 rings (SSSR count). The van der Waals surface area contributed by atoms with Crippen molar-refractivity contribution < 1.29 is 14.6 Å². The summed E-state index contributed by atoms with van der Waals surface area (Å²) in [4.78, 5) is 14.6. The highest BCUT2D eigenvalue weighted by molar-refractivity contribution is 5.90. The first-order chi connectivity index (χ1) is 9.56. The van der Waals surface area contributed by atoms with Crippen LogP contribution in [0.25, 0.3) is 10.9 Å². The third kappa shape index (κ3) is 2.77. The van der Waals surface area contributed by atoms with E-state index in [2.05, 4.69) is 10.3 Å². The summed E-state index contributed by atoms with van der Waals surface area (Å²) in [6.45, 7) is 4.00. The molecule has 0 bridgehead atoms. The first-order valence-corrected chi connectivity index (χ1v) is 6.70. The first-order valence-electron chi connectivity index (χ1n) is 6.70. The SMILES string of the molecule is CCC(C)NC(C(=O)O)c1c[nH]c2ccc(OC)cc12. The summed E-state index contributed by atoms with van der Waals surface area (Å²) >= 11 is 0. The van der Waals surface area contributed by atoms with Crippen LogP contribution in [0.3, 0.4) is 0 Å². The van der Waals surface area contributed by atoms with Gasteiger partial charge in [0.1, 0.15) is 11.8 Å². The lowest BCUT2D eigenvalue weighted by molar-refractivity contribution is -0.139. The van der Waals surface area contributed by atoms with Gasteiger partial charge in [0.2, 0.25) is 0 Å². The molecule has 0 fully saturated rings. The Kier molecular flexibility index (Phi) is 4.29. The number of methoxy groups -OCH3 is 1. The minimum atomic E-state index is -0.881. The topological polar surface area (TPSA) is 74.4 Å². The molecule has 1 aromatic carbocycles. The van der Waals surface area contributed by atoms with E-state index in [0.29, 0.717) is 5.75 Å². The number of hydrogen-bond acceptors (Lipinski definition) is 3. The van der Waals surface area contributed by atoms with E-state index in [1.54, 1.807) is 13.3 Å². The zero-order valence-corrected chi connectivity index (χ0v) is 11.9. The second-order valence-electron chi connectivity index (χ2n) is 4.90. The zero-order chi connectivity index (χ0) is 14.7. The van der Waals surface area contributed by atoms with E-state index in [4.69, 9.17) is 4.74 Å². The average Bonchev–Trinajstić information content (AvgIpc) is 2.86. The van der Waals surface area contributed by atoms with E-state index in [1.165, 1.54) is 0 Å². The maximum atomic E-state index is 11.5. The second-order valence-corrected chi connectivity index (χ2v) is 4.90. The predicted octanol–water partition coefficient (Wildman–Crippen LogP) is 2.69. The van der Waals surface area contributed by atoms with Gasteiger partial charge in [-0.15, -0.1) is 0 Å². The summed E-state index contributed by atoms with van der Waals surface area (Å²) < 4.78 is 5.21. The van der Waals surface area contributed by atoms with Crippen LogP contribution in [0.5, 0.6) is 5.75 Å². The fraction of sp³-hybridized carbons (Fsp3) is 0.400. The molecular weight excluding hydrogens is 256 g/mol. The number of carboxylic acids is 1. The van der Waals surface area contributed by atoms with Crippen molar-refractivity contribution in [3.63, 3.8) is 0 Å². The lowest BCUT2D eigenvalue weighted by Crippen LogP contribution is -2.34. The van der Waals surface area contributed by atoms with E-state index in [9.17, 15) is 9.90 Å². The molecule has 0 aliphatic carbocycles. The van der Waals surface area contributed by atoms with Gasteiger partial charge in [0.15, 0.2) is 0 Å². The van der Waals surface area contributed by atoms with Gasteiger partial charge in [-0.2, -0.15) is 0 Å². The zero-order valence-electron chi connectivity index (χ0n) is 11.9. The highest BCUT2D eigenvalue weighted by Crippen LogP contribution is 2.28. The van der Waals surface area contributed by atoms with Gasteiger partial charge >= 0.3 is 5.97 Å². The van der Waals surface area contributed by atoms with Crippen molar-refractivity contribution in [1.82, 2.24) is 10.3 Å². The Bertz CT molecular complexity index is 606.